The van der Waals surface area contributed by atoms with Gasteiger partial charge in [0.1, 0.15) is 0 Å². The Morgan fingerprint density at radius 1 is 1.55 bits per heavy atom. The minimum Gasteiger partial charge on any atom is -0.456 e. The second kappa shape index (κ2) is 3.59. The van der Waals surface area contributed by atoms with Crippen molar-refractivity contribution in [1.29, 1.82) is 0 Å². The zero-order valence-corrected chi connectivity index (χ0v) is 6.23. The van der Waals surface area contributed by atoms with E-state index in [1.165, 1.54) is 6.92 Å². The first kappa shape index (κ1) is 10.3. The Morgan fingerprint density at radius 3 is 2.27 bits per heavy atom. The molecule has 0 aliphatic carbocycles. The minimum atomic E-state index is -4.87. The van der Waals surface area contributed by atoms with Crippen LogP contribution in [0.5, 0.6) is 0 Å². The van der Waals surface area contributed by atoms with Crippen LogP contribution in [-0.2, 0) is 9.53 Å². The average Bonchev–Trinajstić information content (AvgIpc) is 1.85. The van der Waals surface area contributed by atoms with Crippen LogP contribution in [0.1, 0.15) is 20.3 Å². The number of ether oxygens (including phenoxy) is 1. The van der Waals surface area contributed by atoms with Crippen LogP contribution in [0.4, 0.5) is 13.2 Å². The molecule has 0 saturated carbocycles. The molecule has 0 aromatic heterocycles. The summed E-state index contributed by atoms with van der Waals surface area (Å²) in [5.41, 5.74) is 0. The number of carbonyl (C=O) groups excluding carboxylic acids is 1. The van der Waals surface area contributed by atoms with Crippen LogP contribution < -0.4 is 0 Å². The van der Waals surface area contributed by atoms with Gasteiger partial charge in [0, 0.05) is 0 Å². The van der Waals surface area contributed by atoms with E-state index in [0.29, 0.717) is 6.42 Å². The Morgan fingerprint density at radius 2 is 2.00 bits per heavy atom. The van der Waals surface area contributed by atoms with Crippen LogP contribution >= 0.6 is 0 Å². The SMILES string of the molecule is CC[C@H](C)OC(=O)C(F)(F)F. The summed E-state index contributed by atoms with van der Waals surface area (Å²) in [6, 6.07) is 0. The van der Waals surface area contributed by atoms with E-state index >= 15 is 0 Å². The highest BCUT2D eigenvalue weighted by Crippen LogP contribution is 2.17. The van der Waals surface area contributed by atoms with E-state index in [-0.39, 0.29) is 0 Å². The molecule has 1 atom stereocenters. The topological polar surface area (TPSA) is 26.3 Å². The van der Waals surface area contributed by atoms with Gasteiger partial charge in [-0.3, -0.25) is 0 Å². The van der Waals surface area contributed by atoms with Gasteiger partial charge >= 0.3 is 12.1 Å². The fourth-order valence-electron chi connectivity index (χ4n) is 0.333. The van der Waals surface area contributed by atoms with Gasteiger partial charge in [-0.25, -0.2) is 4.79 Å². The Hall–Kier alpha value is -0.740. The van der Waals surface area contributed by atoms with Gasteiger partial charge in [-0.05, 0) is 13.3 Å². The summed E-state index contributed by atoms with van der Waals surface area (Å²) in [4.78, 5) is 10.1. The van der Waals surface area contributed by atoms with Gasteiger partial charge in [-0.15, -0.1) is 0 Å². The van der Waals surface area contributed by atoms with E-state index in [1.54, 1.807) is 6.92 Å². The second-order valence-electron chi connectivity index (χ2n) is 2.12. The molecule has 11 heavy (non-hydrogen) atoms. The highest BCUT2D eigenvalue weighted by molar-refractivity contribution is 5.75. The predicted molar refractivity (Wildman–Crippen MR) is 31.9 cm³/mol. The van der Waals surface area contributed by atoms with Crippen LogP contribution in [0.15, 0.2) is 0 Å². The van der Waals surface area contributed by atoms with Crippen molar-refractivity contribution in [3.8, 4) is 0 Å². The molecule has 0 heterocycles. The van der Waals surface area contributed by atoms with Crippen LogP contribution in [-0.4, -0.2) is 18.2 Å². The van der Waals surface area contributed by atoms with Crippen LogP contribution in [0.3, 0.4) is 0 Å². The van der Waals surface area contributed by atoms with Crippen molar-refractivity contribution >= 4 is 5.97 Å². The smallest absolute Gasteiger partial charge is 0.456 e. The summed E-state index contributed by atoms with van der Waals surface area (Å²) in [6.07, 6.45) is -5.17. The monoisotopic (exact) mass is 170 g/mol. The Kier molecular flexibility index (Phi) is 3.35. The summed E-state index contributed by atoms with van der Waals surface area (Å²) in [7, 11) is 0. The lowest BCUT2D eigenvalue weighted by molar-refractivity contribution is -0.204. The van der Waals surface area contributed by atoms with Gasteiger partial charge in [0.15, 0.2) is 0 Å². The van der Waals surface area contributed by atoms with E-state index in [2.05, 4.69) is 4.74 Å². The molecule has 0 fully saturated rings. The van der Waals surface area contributed by atoms with Crippen molar-refractivity contribution in [2.75, 3.05) is 0 Å². The lowest BCUT2D eigenvalue weighted by atomic mass is 10.3. The van der Waals surface area contributed by atoms with Crippen molar-refractivity contribution in [2.45, 2.75) is 32.5 Å². The summed E-state index contributed by atoms with van der Waals surface area (Å²) >= 11 is 0. The van der Waals surface area contributed by atoms with E-state index in [9.17, 15) is 18.0 Å². The first-order chi connectivity index (χ1) is 4.88. The normalized spacial score (nSPS) is 14.3. The second-order valence-corrected chi connectivity index (χ2v) is 2.12. The third-order valence-corrected chi connectivity index (χ3v) is 1.11. The molecule has 0 aliphatic heterocycles. The molecule has 0 rings (SSSR count). The number of esters is 1. The highest BCUT2D eigenvalue weighted by atomic mass is 19.4. The highest BCUT2D eigenvalue weighted by Gasteiger charge is 2.41. The maximum atomic E-state index is 11.5. The van der Waals surface area contributed by atoms with Gasteiger partial charge < -0.3 is 4.74 Å². The van der Waals surface area contributed by atoms with Gasteiger partial charge in [-0.2, -0.15) is 13.2 Å². The minimum absolute atomic E-state index is 0.377. The molecule has 66 valence electrons. The maximum absolute atomic E-state index is 11.5. The maximum Gasteiger partial charge on any atom is 0.490 e. The summed E-state index contributed by atoms with van der Waals surface area (Å²) in [5, 5.41) is 0. The molecule has 2 nitrogen and oxygen atoms in total. The zero-order chi connectivity index (χ0) is 9.07. The number of alkyl halides is 3. The predicted octanol–water partition coefficient (Wildman–Crippen LogP) is 1.89. The van der Waals surface area contributed by atoms with Crippen LogP contribution in [0, 0.1) is 0 Å². The standard InChI is InChI=1S/C6H9F3O2/c1-3-4(2)11-5(10)6(7,8)9/h4H,3H2,1-2H3/t4-/m0/s1. The molecular weight excluding hydrogens is 161 g/mol. The average molecular weight is 170 g/mol. The molecule has 0 aliphatic rings. The van der Waals surface area contributed by atoms with Crippen LogP contribution in [0.2, 0.25) is 0 Å². The molecule has 0 saturated heterocycles. The summed E-state index contributed by atoms with van der Waals surface area (Å²) < 4.78 is 38.4. The number of rotatable bonds is 2. The molecular formula is C6H9F3O2. The molecule has 0 N–H and O–H groups in total. The van der Waals surface area contributed by atoms with Gasteiger partial charge in [0.05, 0.1) is 6.10 Å². The van der Waals surface area contributed by atoms with Crippen LogP contribution in [0.25, 0.3) is 0 Å². The van der Waals surface area contributed by atoms with Crippen molar-refractivity contribution in [2.24, 2.45) is 0 Å². The molecule has 5 heteroatoms. The molecule has 0 aromatic rings. The molecule has 0 spiro atoms. The largest absolute Gasteiger partial charge is 0.490 e. The molecule has 0 amide bonds. The molecule has 0 unspecified atom stereocenters. The fourth-order valence-corrected chi connectivity index (χ4v) is 0.333. The number of halogens is 3. The van der Waals surface area contributed by atoms with Crippen molar-refractivity contribution in [3.63, 3.8) is 0 Å². The van der Waals surface area contributed by atoms with Crippen molar-refractivity contribution < 1.29 is 22.7 Å². The van der Waals surface area contributed by atoms with Crippen molar-refractivity contribution in [3.05, 3.63) is 0 Å². The Balaban J connectivity index is 3.88. The van der Waals surface area contributed by atoms with Gasteiger partial charge in [0.25, 0.3) is 0 Å². The van der Waals surface area contributed by atoms with E-state index < -0.39 is 18.2 Å². The van der Waals surface area contributed by atoms with E-state index in [4.69, 9.17) is 0 Å². The summed E-state index contributed by atoms with van der Waals surface area (Å²) in [6.45, 7) is 3.04. The first-order valence-electron chi connectivity index (χ1n) is 3.15. The Labute approximate surface area is 62.3 Å². The number of carbonyl (C=O) groups is 1. The van der Waals surface area contributed by atoms with E-state index in [1.807, 2.05) is 0 Å². The molecule has 0 aromatic carbocycles. The third kappa shape index (κ3) is 3.85. The molecule has 0 radical (unpaired) electrons. The lowest BCUT2D eigenvalue weighted by Crippen LogP contribution is -2.28. The third-order valence-electron chi connectivity index (χ3n) is 1.11. The Bertz CT molecular complexity index is 141. The quantitative estimate of drug-likeness (QED) is 0.591. The summed E-state index contributed by atoms with van der Waals surface area (Å²) in [5.74, 6) is -2.12. The van der Waals surface area contributed by atoms with Gasteiger partial charge in [0.2, 0.25) is 0 Å². The number of hydrogen-bond donors (Lipinski definition) is 0. The lowest BCUT2D eigenvalue weighted by Gasteiger charge is -2.11. The van der Waals surface area contributed by atoms with Crippen molar-refractivity contribution in [1.82, 2.24) is 0 Å². The van der Waals surface area contributed by atoms with Gasteiger partial charge in [-0.1, -0.05) is 6.92 Å². The first-order valence-corrected chi connectivity index (χ1v) is 3.15. The molecule has 0 bridgehead atoms. The fraction of sp³-hybridized carbons (Fsp3) is 0.833. The number of hydrogen-bond acceptors (Lipinski definition) is 2. The van der Waals surface area contributed by atoms with E-state index in [0.717, 1.165) is 0 Å². The zero-order valence-electron chi connectivity index (χ0n) is 6.23.